The van der Waals surface area contributed by atoms with Crippen LogP contribution in [0, 0.1) is 11.3 Å². The maximum absolute atomic E-state index is 8.90. The van der Waals surface area contributed by atoms with Gasteiger partial charge in [0.2, 0.25) is 5.95 Å². The van der Waals surface area contributed by atoms with Crippen molar-refractivity contribution in [3.8, 4) is 6.07 Å². The molecule has 0 amide bonds. The van der Waals surface area contributed by atoms with Crippen LogP contribution in [0.15, 0.2) is 35.8 Å². The van der Waals surface area contributed by atoms with Crippen molar-refractivity contribution in [2.45, 2.75) is 13.0 Å². The first kappa shape index (κ1) is 14.3. The fraction of sp³-hybridized carbons (Fsp3) is 0.188. The second kappa shape index (κ2) is 5.62. The van der Waals surface area contributed by atoms with Gasteiger partial charge in [0, 0.05) is 11.7 Å². The van der Waals surface area contributed by atoms with Gasteiger partial charge in [0.05, 0.1) is 12.2 Å². The number of rotatable bonds is 3. The van der Waals surface area contributed by atoms with Crippen LogP contribution in [0.5, 0.6) is 0 Å². The maximum atomic E-state index is 8.90. The molecule has 1 aromatic carbocycles. The van der Waals surface area contributed by atoms with Crippen LogP contribution < -0.4 is 10.6 Å². The largest absolute Gasteiger partial charge is 0.382 e. The van der Waals surface area contributed by atoms with Crippen molar-refractivity contribution in [1.29, 1.82) is 5.26 Å². The number of nitrogens with two attached hydrogens (primary N) is 1. The quantitative estimate of drug-likeness (QED) is 0.802. The molecule has 0 radical (unpaired) electrons. The summed E-state index contributed by atoms with van der Waals surface area (Å²) in [4.78, 5) is 10.4. The van der Waals surface area contributed by atoms with Crippen LogP contribution in [0.1, 0.15) is 24.1 Å². The van der Waals surface area contributed by atoms with Crippen LogP contribution >= 0.6 is 11.3 Å². The van der Waals surface area contributed by atoms with Gasteiger partial charge < -0.3 is 10.6 Å². The third-order valence-corrected chi connectivity index (χ3v) is 4.77. The number of fused-ring (bicyclic) bond motifs is 1. The minimum Gasteiger partial charge on any atom is -0.382 e. The molecule has 0 aliphatic heterocycles. The average Bonchev–Trinajstić information content (AvgIpc) is 2.97. The lowest BCUT2D eigenvalue weighted by molar-refractivity contribution is 0.723. The fourth-order valence-electron chi connectivity index (χ4n) is 2.35. The summed E-state index contributed by atoms with van der Waals surface area (Å²) in [5.74, 6) is 0.723. The summed E-state index contributed by atoms with van der Waals surface area (Å²) in [5, 5.41) is 12.3. The van der Waals surface area contributed by atoms with Gasteiger partial charge in [-0.05, 0) is 29.3 Å². The van der Waals surface area contributed by atoms with Crippen molar-refractivity contribution < 1.29 is 0 Å². The Kier molecular flexibility index (Phi) is 3.65. The standard InChI is InChI=1S/C16H15N5S/c1-10(13-9-22-14-6-4-3-5-12(13)14)21(2)16-19-8-11(7-17)15(18)20-16/h3-6,8-10H,1-2H3,(H2,18,19,20). The second-order valence-electron chi connectivity index (χ2n) is 5.05. The third kappa shape index (κ3) is 2.36. The molecule has 110 valence electrons. The van der Waals surface area contributed by atoms with Crippen molar-refractivity contribution in [1.82, 2.24) is 9.97 Å². The van der Waals surface area contributed by atoms with Crippen LogP contribution in [0.4, 0.5) is 11.8 Å². The number of thiophene rings is 1. The van der Waals surface area contributed by atoms with Gasteiger partial charge in [-0.2, -0.15) is 10.2 Å². The van der Waals surface area contributed by atoms with Crippen LogP contribution in [0.2, 0.25) is 0 Å². The van der Waals surface area contributed by atoms with E-state index in [1.54, 1.807) is 11.3 Å². The van der Waals surface area contributed by atoms with E-state index in [1.807, 2.05) is 30.1 Å². The van der Waals surface area contributed by atoms with E-state index < -0.39 is 0 Å². The van der Waals surface area contributed by atoms with Crippen LogP contribution in [0.25, 0.3) is 10.1 Å². The van der Waals surface area contributed by atoms with Gasteiger partial charge in [-0.25, -0.2) is 4.98 Å². The zero-order valence-electron chi connectivity index (χ0n) is 12.3. The van der Waals surface area contributed by atoms with E-state index in [-0.39, 0.29) is 11.9 Å². The first-order valence-corrected chi connectivity index (χ1v) is 7.71. The molecule has 0 bridgehead atoms. The molecular weight excluding hydrogens is 294 g/mol. The molecule has 5 nitrogen and oxygen atoms in total. The highest BCUT2D eigenvalue weighted by Crippen LogP contribution is 2.33. The number of hydrogen-bond donors (Lipinski definition) is 1. The van der Waals surface area contributed by atoms with E-state index in [4.69, 9.17) is 11.0 Å². The molecule has 6 heteroatoms. The Hall–Kier alpha value is -2.65. The Morgan fingerprint density at radius 1 is 1.36 bits per heavy atom. The van der Waals surface area contributed by atoms with Crippen LogP contribution in [-0.4, -0.2) is 17.0 Å². The summed E-state index contributed by atoms with van der Waals surface area (Å²) in [6.07, 6.45) is 1.46. The topological polar surface area (TPSA) is 78.8 Å². The molecule has 0 saturated carbocycles. The molecular formula is C16H15N5S. The number of benzene rings is 1. The smallest absolute Gasteiger partial charge is 0.227 e. The van der Waals surface area contributed by atoms with E-state index in [0.29, 0.717) is 11.5 Å². The zero-order chi connectivity index (χ0) is 15.7. The van der Waals surface area contributed by atoms with Crippen molar-refractivity contribution in [2.24, 2.45) is 0 Å². The van der Waals surface area contributed by atoms with Gasteiger partial charge in [-0.15, -0.1) is 11.3 Å². The highest BCUT2D eigenvalue weighted by molar-refractivity contribution is 7.17. The SMILES string of the molecule is CC(c1csc2ccccc12)N(C)c1ncc(C#N)c(N)n1. The Balaban J connectivity index is 1.96. The van der Waals surface area contributed by atoms with Crippen molar-refractivity contribution in [3.63, 3.8) is 0 Å². The predicted molar refractivity (Wildman–Crippen MR) is 89.8 cm³/mol. The van der Waals surface area contributed by atoms with Crippen LogP contribution in [-0.2, 0) is 0 Å². The monoisotopic (exact) mass is 309 g/mol. The average molecular weight is 309 g/mol. The molecule has 2 N–H and O–H groups in total. The molecule has 0 aliphatic rings. The number of aromatic nitrogens is 2. The van der Waals surface area contributed by atoms with Gasteiger partial charge in [0.15, 0.2) is 0 Å². The van der Waals surface area contributed by atoms with Gasteiger partial charge in [-0.3, -0.25) is 0 Å². The summed E-state index contributed by atoms with van der Waals surface area (Å²) >= 11 is 1.73. The maximum Gasteiger partial charge on any atom is 0.227 e. The number of hydrogen-bond acceptors (Lipinski definition) is 6. The first-order valence-electron chi connectivity index (χ1n) is 6.83. The lowest BCUT2D eigenvalue weighted by atomic mass is 10.1. The van der Waals surface area contributed by atoms with Crippen molar-refractivity contribution >= 4 is 33.2 Å². The van der Waals surface area contributed by atoms with Gasteiger partial charge in [0.25, 0.3) is 0 Å². The minimum absolute atomic E-state index is 0.100. The molecule has 1 atom stereocenters. The van der Waals surface area contributed by atoms with Crippen LogP contribution in [0.3, 0.4) is 0 Å². The molecule has 0 fully saturated rings. The van der Waals surface area contributed by atoms with E-state index in [2.05, 4.69) is 34.4 Å². The van der Waals surface area contributed by atoms with E-state index in [1.165, 1.54) is 21.8 Å². The summed E-state index contributed by atoms with van der Waals surface area (Å²) in [5.41, 5.74) is 7.31. The lowest BCUT2D eigenvalue weighted by Crippen LogP contribution is -2.24. The van der Waals surface area contributed by atoms with E-state index >= 15 is 0 Å². The number of nitriles is 1. The molecule has 3 rings (SSSR count). The molecule has 22 heavy (non-hydrogen) atoms. The molecule has 0 aliphatic carbocycles. The molecule has 0 spiro atoms. The number of nitrogens with zero attached hydrogens (tertiary/aromatic N) is 4. The molecule has 1 unspecified atom stereocenters. The summed E-state index contributed by atoms with van der Waals surface area (Å²) in [7, 11) is 1.93. The Morgan fingerprint density at radius 3 is 2.86 bits per heavy atom. The van der Waals surface area contributed by atoms with Gasteiger partial charge in [0.1, 0.15) is 17.5 Å². The molecule has 2 heterocycles. The lowest BCUT2D eigenvalue weighted by Gasteiger charge is -2.25. The minimum atomic E-state index is 0.100. The first-order chi connectivity index (χ1) is 10.6. The third-order valence-electron chi connectivity index (χ3n) is 3.78. The van der Waals surface area contributed by atoms with Crippen molar-refractivity contribution in [2.75, 3.05) is 17.7 Å². The fourth-order valence-corrected chi connectivity index (χ4v) is 3.39. The van der Waals surface area contributed by atoms with Gasteiger partial charge >= 0.3 is 0 Å². The Bertz CT molecular complexity index is 864. The van der Waals surface area contributed by atoms with Gasteiger partial charge in [-0.1, -0.05) is 18.2 Å². The Morgan fingerprint density at radius 2 is 2.14 bits per heavy atom. The molecule has 3 aromatic rings. The van der Waals surface area contributed by atoms with Crippen molar-refractivity contribution in [3.05, 3.63) is 47.0 Å². The molecule has 0 saturated heterocycles. The highest BCUT2D eigenvalue weighted by atomic mass is 32.1. The second-order valence-corrected chi connectivity index (χ2v) is 5.97. The van der Waals surface area contributed by atoms with E-state index in [0.717, 1.165) is 0 Å². The Labute approximate surface area is 132 Å². The number of anilines is 2. The zero-order valence-corrected chi connectivity index (χ0v) is 13.1. The number of nitrogen functional groups attached to an aromatic ring is 1. The summed E-state index contributed by atoms with van der Waals surface area (Å²) in [6.45, 7) is 2.10. The van der Waals surface area contributed by atoms with E-state index in [9.17, 15) is 0 Å². The summed E-state index contributed by atoms with van der Waals surface area (Å²) < 4.78 is 1.26. The highest BCUT2D eigenvalue weighted by Gasteiger charge is 2.18. The normalized spacial score (nSPS) is 12.0. The summed E-state index contributed by atoms with van der Waals surface area (Å²) in [6, 6.07) is 10.4. The predicted octanol–water partition coefficient (Wildman–Crippen LogP) is 3.34. The molecule has 2 aromatic heterocycles.